The van der Waals surface area contributed by atoms with E-state index in [1.54, 1.807) is 6.07 Å². The molecule has 0 spiro atoms. The van der Waals surface area contributed by atoms with Crippen molar-refractivity contribution < 1.29 is 10.7 Å². The molecule has 1 aromatic rings. The minimum atomic E-state index is -0.527. The molecule has 1 aliphatic heterocycles. The van der Waals surface area contributed by atoms with Gasteiger partial charge in [0, 0.05) is 26.0 Å². The second-order valence-electron chi connectivity index (χ2n) is 6.24. The van der Waals surface area contributed by atoms with Crippen molar-refractivity contribution in [2.75, 3.05) is 13.1 Å². The molecular weight excluding hydrogens is 254 g/mol. The lowest BCUT2D eigenvalue weighted by atomic mass is 10.2. The van der Waals surface area contributed by atoms with Crippen molar-refractivity contribution in [1.29, 1.82) is 0 Å². The van der Waals surface area contributed by atoms with Crippen LogP contribution in [0.15, 0.2) is 10.6 Å². The minimum absolute atomic E-state index is 0. The number of likely N-dealkylation sites (tertiary alicyclic amines) is 1. The van der Waals surface area contributed by atoms with E-state index in [0.717, 1.165) is 30.6 Å². The molecule has 20 heavy (non-hydrogen) atoms. The molecule has 0 unspecified atom stereocenters. The number of hydrogen-bond acceptors (Lipinski definition) is 4. The van der Waals surface area contributed by atoms with Gasteiger partial charge in [0.05, 0.1) is 0 Å². The van der Waals surface area contributed by atoms with Gasteiger partial charge >= 0.3 is 0 Å². The second-order valence-corrected chi connectivity index (χ2v) is 6.24. The average molecular weight is 281 g/mol. The maximum Gasteiger partial charge on any atom is 0.270 e. The van der Waals surface area contributed by atoms with Gasteiger partial charge in [0.2, 0.25) is 0 Å². The Morgan fingerprint density at radius 1 is 1.50 bits per heavy atom. The molecular formula is C15H27N3O2. The Balaban J connectivity index is 0.000000205. The van der Waals surface area contributed by atoms with Gasteiger partial charge in [-0.1, -0.05) is 12.1 Å². The van der Waals surface area contributed by atoms with E-state index in [0.29, 0.717) is 5.92 Å². The first kappa shape index (κ1) is 15.0. The van der Waals surface area contributed by atoms with Crippen LogP contribution in [0.2, 0.25) is 0 Å². The van der Waals surface area contributed by atoms with Crippen LogP contribution >= 0.6 is 0 Å². The molecule has 5 nitrogen and oxygen atoms in total. The fourth-order valence-electron chi connectivity index (χ4n) is 2.40. The van der Waals surface area contributed by atoms with Gasteiger partial charge in [-0.25, -0.2) is 0 Å². The summed E-state index contributed by atoms with van der Waals surface area (Å²) in [5, 5.41) is 3.53. The molecule has 2 fully saturated rings. The summed E-state index contributed by atoms with van der Waals surface area (Å²) < 4.78 is 4.90. The molecule has 2 aliphatic rings. The highest BCUT2D eigenvalue weighted by Crippen LogP contribution is 2.40. The molecule has 3 rings (SSSR count). The number of carbonyl (C=O) groups is 1. The van der Waals surface area contributed by atoms with Crippen LogP contribution < -0.4 is 5.73 Å². The van der Waals surface area contributed by atoms with E-state index in [-0.39, 0.29) is 7.12 Å². The Hall–Kier alpha value is -1.36. The van der Waals surface area contributed by atoms with E-state index in [1.807, 2.05) is 0 Å². The Bertz CT molecular complexity index is 458. The van der Waals surface area contributed by atoms with Gasteiger partial charge < -0.3 is 15.2 Å². The maximum atomic E-state index is 10.6. The zero-order valence-electron chi connectivity index (χ0n) is 12.6. The first-order valence-electron chi connectivity index (χ1n) is 7.47. The van der Waals surface area contributed by atoms with Crippen molar-refractivity contribution in [2.45, 2.75) is 52.0 Å². The van der Waals surface area contributed by atoms with Gasteiger partial charge in [0.1, 0.15) is 5.76 Å². The van der Waals surface area contributed by atoms with E-state index < -0.39 is 5.91 Å². The summed E-state index contributed by atoms with van der Waals surface area (Å²) in [5.41, 5.74) is 5.21. The van der Waals surface area contributed by atoms with Crippen molar-refractivity contribution in [3.63, 3.8) is 0 Å². The van der Waals surface area contributed by atoms with E-state index in [2.05, 4.69) is 30.8 Å². The SMILES string of the molecule is CC(C)N1CC[C@@H](C)C1.NC(=O)c1cc(C2CC2)on1.[HH]. The normalized spacial score (nSPS) is 22.7. The molecule has 0 radical (unpaired) electrons. The van der Waals surface area contributed by atoms with Crippen LogP contribution in [0.4, 0.5) is 0 Å². The Labute approximate surface area is 122 Å². The highest BCUT2D eigenvalue weighted by molar-refractivity contribution is 5.90. The van der Waals surface area contributed by atoms with E-state index in [1.165, 1.54) is 19.5 Å². The van der Waals surface area contributed by atoms with Crippen molar-refractivity contribution in [2.24, 2.45) is 11.7 Å². The number of primary amides is 1. The van der Waals surface area contributed by atoms with Gasteiger partial charge in [-0.05, 0) is 45.6 Å². The topological polar surface area (TPSA) is 72.4 Å². The summed E-state index contributed by atoms with van der Waals surface area (Å²) in [4.78, 5) is 13.1. The number of rotatable bonds is 3. The zero-order chi connectivity index (χ0) is 14.7. The molecule has 5 heteroatoms. The third-order valence-electron chi connectivity index (χ3n) is 3.95. The maximum absolute atomic E-state index is 10.6. The summed E-state index contributed by atoms with van der Waals surface area (Å²) in [7, 11) is 0. The largest absolute Gasteiger partial charge is 0.364 e. The lowest BCUT2D eigenvalue weighted by molar-refractivity contribution is 0.0991. The Kier molecular flexibility index (Phi) is 4.81. The highest BCUT2D eigenvalue weighted by Gasteiger charge is 2.28. The standard InChI is InChI=1S/C8H17N.C7H8N2O2.H2/c1-7(2)9-5-4-8(3)6-9;8-7(10)5-3-6(11-9-5)4-1-2-4;/h7-8H,4-6H2,1-3H3;3-4H,1-2H2,(H2,8,10);1H/t8-;;/m1../s1. The quantitative estimate of drug-likeness (QED) is 0.924. The van der Waals surface area contributed by atoms with Crippen LogP contribution in [-0.4, -0.2) is 35.1 Å². The monoisotopic (exact) mass is 281 g/mol. The number of aromatic nitrogens is 1. The molecule has 2 N–H and O–H groups in total. The molecule has 0 bridgehead atoms. The minimum Gasteiger partial charge on any atom is -0.364 e. The fourth-order valence-corrected chi connectivity index (χ4v) is 2.40. The fraction of sp³-hybridized carbons (Fsp3) is 0.733. The number of amides is 1. The number of nitrogens with zero attached hydrogens (tertiary/aromatic N) is 2. The molecule has 1 amide bonds. The second kappa shape index (κ2) is 6.39. The van der Waals surface area contributed by atoms with Crippen LogP contribution in [0.3, 0.4) is 0 Å². The third-order valence-corrected chi connectivity index (χ3v) is 3.95. The van der Waals surface area contributed by atoms with Crippen molar-refractivity contribution >= 4 is 5.91 Å². The molecule has 1 saturated heterocycles. The van der Waals surface area contributed by atoms with Gasteiger partial charge in [0.15, 0.2) is 5.69 Å². The van der Waals surface area contributed by atoms with E-state index >= 15 is 0 Å². The van der Waals surface area contributed by atoms with Gasteiger partial charge in [0.25, 0.3) is 5.91 Å². The smallest absolute Gasteiger partial charge is 0.270 e. The lowest BCUT2D eigenvalue weighted by Gasteiger charge is -2.19. The molecule has 1 aliphatic carbocycles. The number of nitrogens with two attached hydrogens (primary N) is 1. The van der Waals surface area contributed by atoms with Gasteiger partial charge in [-0.15, -0.1) is 0 Å². The van der Waals surface area contributed by atoms with Crippen LogP contribution in [0, 0.1) is 5.92 Å². The summed E-state index contributed by atoms with van der Waals surface area (Å²) >= 11 is 0. The molecule has 114 valence electrons. The predicted molar refractivity (Wildman–Crippen MR) is 79.6 cm³/mol. The lowest BCUT2D eigenvalue weighted by Crippen LogP contribution is -2.27. The molecule has 2 heterocycles. The van der Waals surface area contributed by atoms with E-state index in [4.69, 9.17) is 10.3 Å². The van der Waals surface area contributed by atoms with Crippen LogP contribution in [0.25, 0.3) is 0 Å². The predicted octanol–water partition coefficient (Wildman–Crippen LogP) is 2.63. The highest BCUT2D eigenvalue weighted by atomic mass is 16.5. The van der Waals surface area contributed by atoms with Crippen LogP contribution in [-0.2, 0) is 0 Å². The first-order chi connectivity index (χ1) is 9.47. The Morgan fingerprint density at radius 3 is 2.55 bits per heavy atom. The van der Waals surface area contributed by atoms with Gasteiger partial charge in [-0.2, -0.15) is 0 Å². The Morgan fingerprint density at radius 2 is 2.20 bits per heavy atom. The average Bonchev–Trinajstić information content (AvgIpc) is 2.95. The van der Waals surface area contributed by atoms with Crippen molar-refractivity contribution in [3.8, 4) is 0 Å². The molecule has 0 aromatic carbocycles. The van der Waals surface area contributed by atoms with Crippen LogP contribution in [0.5, 0.6) is 0 Å². The van der Waals surface area contributed by atoms with Gasteiger partial charge in [-0.3, -0.25) is 4.79 Å². The number of hydrogen-bond donors (Lipinski definition) is 1. The van der Waals surface area contributed by atoms with E-state index in [9.17, 15) is 4.79 Å². The molecule has 1 saturated carbocycles. The first-order valence-corrected chi connectivity index (χ1v) is 7.47. The summed E-state index contributed by atoms with van der Waals surface area (Å²) in [6.45, 7) is 9.52. The van der Waals surface area contributed by atoms with Crippen molar-refractivity contribution in [3.05, 3.63) is 17.5 Å². The third kappa shape index (κ3) is 4.07. The zero-order valence-corrected chi connectivity index (χ0v) is 12.6. The summed E-state index contributed by atoms with van der Waals surface area (Å²) in [6.07, 6.45) is 3.67. The van der Waals surface area contributed by atoms with Crippen LogP contribution in [0.1, 0.15) is 63.6 Å². The summed E-state index contributed by atoms with van der Waals surface area (Å²) in [5.74, 6) is 1.68. The molecule has 1 aromatic heterocycles. The number of carbonyl (C=O) groups excluding carboxylic acids is 1. The summed E-state index contributed by atoms with van der Waals surface area (Å²) in [6, 6.07) is 2.38. The van der Waals surface area contributed by atoms with Crippen molar-refractivity contribution in [1.82, 2.24) is 10.1 Å². The molecule has 1 atom stereocenters.